The van der Waals surface area contributed by atoms with Crippen LogP contribution >= 0.6 is 0 Å². The van der Waals surface area contributed by atoms with Crippen LogP contribution in [0.25, 0.3) is 0 Å². The fourth-order valence-electron chi connectivity index (χ4n) is 2.72. The topological polar surface area (TPSA) is 84.9 Å². The molecule has 1 amide bonds. The van der Waals surface area contributed by atoms with Gasteiger partial charge in [0, 0.05) is 38.6 Å². The smallest absolute Gasteiger partial charge is 0.260 e. The number of hydrogen-bond donors (Lipinski definition) is 0. The number of ether oxygens (including phenoxy) is 2. The Morgan fingerprint density at radius 1 is 1.19 bits per heavy atom. The van der Waals surface area contributed by atoms with Gasteiger partial charge in [0.05, 0.1) is 12.7 Å². The summed E-state index contributed by atoms with van der Waals surface area (Å²) in [6.07, 6.45) is 4.08. The lowest BCUT2D eigenvalue weighted by Crippen LogP contribution is -2.50. The molecule has 1 fully saturated rings. The summed E-state index contributed by atoms with van der Waals surface area (Å²) >= 11 is 0. The molecular formula is C18H20N4O4. The molecule has 0 N–H and O–H groups in total. The van der Waals surface area contributed by atoms with Gasteiger partial charge in [-0.1, -0.05) is 0 Å². The monoisotopic (exact) mass is 356 g/mol. The van der Waals surface area contributed by atoms with Crippen molar-refractivity contribution in [3.8, 4) is 11.5 Å². The molecule has 1 saturated heterocycles. The highest BCUT2D eigenvalue weighted by Gasteiger charge is 2.23. The van der Waals surface area contributed by atoms with Crippen molar-refractivity contribution in [3.63, 3.8) is 0 Å². The molecule has 0 bridgehead atoms. The predicted octanol–water partition coefficient (Wildman–Crippen LogP) is 1.03. The molecule has 1 aliphatic heterocycles. The first-order valence-corrected chi connectivity index (χ1v) is 8.27. The average Bonchev–Trinajstić information content (AvgIpc) is 2.72. The molecule has 0 unspecified atom stereocenters. The van der Waals surface area contributed by atoms with Gasteiger partial charge in [-0.25, -0.2) is 9.97 Å². The summed E-state index contributed by atoms with van der Waals surface area (Å²) in [5, 5.41) is 0. The molecule has 1 aromatic heterocycles. The number of piperazine rings is 1. The first-order chi connectivity index (χ1) is 12.7. The number of rotatable bonds is 6. The van der Waals surface area contributed by atoms with Gasteiger partial charge in [-0.15, -0.1) is 0 Å². The van der Waals surface area contributed by atoms with Gasteiger partial charge in [0.25, 0.3) is 5.91 Å². The Kier molecular flexibility index (Phi) is 5.62. The van der Waals surface area contributed by atoms with E-state index >= 15 is 0 Å². The standard InChI is InChI=1S/C18H20N4O4/c1-25-15-3-4-16(14(11-15)12-23)26-13-17(24)21-7-9-22(10-8-21)18-19-5-2-6-20-18/h2-6,11-12H,7-10,13H2,1H3. The van der Waals surface area contributed by atoms with Crippen molar-refractivity contribution in [2.24, 2.45) is 0 Å². The third-order valence-electron chi connectivity index (χ3n) is 4.16. The zero-order chi connectivity index (χ0) is 18.4. The second-order valence-electron chi connectivity index (χ2n) is 5.73. The Morgan fingerprint density at radius 2 is 1.92 bits per heavy atom. The van der Waals surface area contributed by atoms with Crippen LogP contribution in [-0.2, 0) is 4.79 Å². The van der Waals surface area contributed by atoms with Crippen molar-refractivity contribution in [2.75, 3.05) is 44.8 Å². The van der Waals surface area contributed by atoms with E-state index < -0.39 is 0 Å². The van der Waals surface area contributed by atoms with Crippen LogP contribution in [0, 0.1) is 0 Å². The van der Waals surface area contributed by atoms with Crippen LogP contribution in [0.4, 0.5) is 5.95 Å². The SMILES string of the molecule is COc1ccc(OCC(=O)N2CCN(c3ncccn3)CC2)c(C=O)c1. The molecule has 8 heteroatoms. The Labute approximate surface area is 151 Å². The van der Waals surface area contributed by atoms with E-state index in [9.17, 15) is 9.59 Å². The Hall–Kier alpha value is -3.16. The summed E-state index contributed by atoms with van der Waals surface area (Å²) in [7, 11) is 1.52. The number of aromatic nitrogens is 2. The van der Waals surface area contributed by atoms with Crippen LogP contribution in [0.15, 0.2) is 36.7 Å². The highest BCUT2D eigenvalue weighted by molar-refractivity contribution is 5.81. The van der Waals surface area contributed by atoms with Crippen molar-refractivity contribution in [1.82, 2.24) is 14.9 Å². The second-order valence-corrected chi connectivity index (χ2v) is 5.73. The first kappa shape index (κ1) is 17.7. The fourth-order valence-corrected chi connectivity index (χ4v) is 2.72. The van der Waals surface area contributed by atoms with E-state index in [1.807, 2.05) is 4.90 Å². The lowest BCUT2D eigenvalue weighted by molar-refractivity contribution is -0.133. The van der Waals surface area contributed by atoms with E-state index in [0.717, 1.165) is 0 Å². The normalized spacial score (nSPS) is 14.0. The number of carbonyl (C=O) groups excluding carboxylic acids is 2. The number of methoxy groups -OCH3 is 1. The molecule has 1 aliphatic rings. The molecule has 26 heavy (non-hydrogen) atoms. The van der Waals surface area contributed by atoms with Crippen LogP contribution in [0.3, 0.4) is 0 Å². The maximum absolute atomic E-state index is 12.4. The van der Waals surface area contributed by atoms with Crippen molar-refractivity contribution < 1.29 is 19.1 Å². The summed E-state index contributed by atoms with van der Waals surface area (Å²) in [6.45, 7) is 2.36. The van der Waals surface area contributed by atoms with Crippen LogP contribution < -0.4 is 14.4 Å². The molecule has 8 nitrogen and oxygen atoms in total. The summed E-state index contributed by atoms with van der Waals surface area (Å²) in [6, 6.07) is 6.66. The number of nitrogens with zero attached hydrogens (tertiary/aromatic N) is 4. The van der Waals surface area contributed by atoms with E-state index in [1.165, 1.54) is 7.11 Å². The molecule has 0 spiro atoms. The van der Waals surface area contributed by atoms with Crippen molar-refractivity contribution in [3.05, 3.63) is 42.2 Å². The summed E-state index contributed by atoms with van der Waals surface area (Å²) in [5.41, 5.74) is 0.350. The third kappa shape index (κ3) is 4.08. The maximum Gasteiger partial charge on any atom is 0.260 e. The van der Waals surface area contributed by atoms with E-state index in [-0.39, 0.29) is 12.5 Å². The highest BCUT2D eigenvalue weighted by atomic mass is 16.5. The van der Waals surface area contributed by atoms with Gasteiger partial charge >= 0.3 is 0 Å². The maximum atomic E-state index is 12.4. The minimum Gasteiger partial charge on any atom is -0.497 e. The number of benzene rings is 1. The number of aldehydes is 1. The minimum atomic E-state index is -0.119. The molecule has 136 valence electrons. The van der Waals surface area contributed by atoms with E-state index in [0.29, 0.717) is 55.5 Å². The summed E-state index contributed by atoms with van der Waals surface area (Å²) in [4.78, 5) is 35.8. The van der Waals surface area contributed by atoms with Crippen LogP contribution in [-0.4, -0.2) is 67.0 Å². The predicted molar refractivity (Wildman–Crippen MR) is 94.7 cm³/mol. The lowest BCUT2D eigenvalue weighted by atomic mass is 10.2. The molecule has 2 aromatic rings. The number of carbonyl (C=O) groups is 2. The van der Waals surface area contributed by atoms with Crippen LogP contribution in [0.1, 0.15) is 10.4 Å². The van der Waals surface area contributed by atoms with Gasteiger partial charge in [0.1, 0.15) is 11.5 Å². The summed E-state index contributed by atoms with van der Waals surface area (Å²) in [5.74, 6) is 1.48. The van der Waals surface area contributed by atoms with Gasteiger partial charge in [0.15, 0.2) is 12.9 Å². The van der Waals surface area contributed by atoms with Crippen LogP contribution in [0.2, 0.25) is 0 Å². The molecule has 0 radical (unpaired) electrons. The van der Waals surface area contributed by atoms with Gasteiger partial charge in [0.2, 0.25) is 5.95 Å². The van der Waals surface area contributed by atoms with Gasteiger partial charge in [-0.05, 0) is 24.3 Å². The number of hydrogen-bond acceptors (Lipinski definition) is 7. The zero-order valence-corrected chi connectivity index (χ0v) is 14.5. The average molecular weight is 356 g/mol. The zero-order valence-electron chi connectivity index (χ0n) is 14.5. The molecule has 0 atom stereocenters. The molecule has 2 heterocycles. The molecule has 3 rings (SSSR count). The number of amides is 1. The highest BCUT2D eigenvalue weighted by Crippen LogP contribution is 2.22. The molecule has 0 saturated carbocycles. The number of anilines is 1. The van der Waals surface area contributed by atoms with E-state index in [2.05, 4.69) is 9.97 Å². The van der Waals surface area contributed by atoms with Crippen molar-refractivity contribution in [2.45, 2.75) is 0 Å². The Balaban J connectivity index is 1.53. The second kappa shape index (κ2) is 8.28. The van der Waals surface area contributed by atoms with Gasteiger partial charge in [-0.2, -0.15) is 0 Å². The van der Waals surface area contributed by atoms with Crippen molar-refractivity contribution in [1.29, 1.82) is 0 Å². The fraction of sp³-hybridized carbons (Fsp3) is 0.333. The largest absolute Gasteiger partial charge is 0.497 e. The van der Waals surface area contributed by atoms with E-state index in [1.54, 1.807) is 41.6 Å². The summed E-state index contributed by atoms with van der Waals surface area (Å²) < 4.78 is 10.6. The lowest BCUT2D eigenvalue weighted by Gasteiger charge is -2.34. The van der Waals surface area contributed by atoms with E-state index in [4.69, 9.17) is 9.47 Å². The minimum absolute atomic E-state index is 0.116. The Morgan fingerprint density at radius 3 is 2.58 bits per heavy atom. The van der Waals surface area contributed by atoms with Gasteiger partial charge < -0.3 is 19.3 Å². The van der Waals surface area contributed by atoms with Gasteiger partial charge in [-0.3, -0.25) is 9.59 Å². The quantitative estimate of drug-likeness (QED) is 0.715. The van der Waals surface area contributed by atoms with Crippen LogP contribution in [0.5, 0.6) is 11.5 Å². The first-order valence-electron chi connectivity index (χ1n) is 8.27. The molecule has 1 aromatic carbocycles. The molecular weight excluding hydrogens is 336 g/mol. The Bertz CT molecular complexity index is 761. The molecule has 0 aliphatic carbocycles. The van der Waals surface area contributed by atoms with Crippen molar-refractivity contribution >= 4 is 18.1 Å². The third-order valence-corrected chi connectivity index (χ3v) is 4.16.